The molecule has 1 unspecified atom stereocenters. The number of carbonyl (C=O) groups excluding carboxylic acids is 3. The Hall–Kier alpha value is -2.48. The molecule has 2 heterocycles. The average Bonchev–Trinajstić information content (AvgIpc) is 2.64. The zero-order valence-electron chi connectivity index (χ0n) is 13.9. The Morgan fingerprint density at radius 1 is 1.32 bits per heavy atom. The van der Waals surface area contributed by atoms with Crippen LogP contribution in [0.5, 0.6) is 5.75 Å². The van der Waals surface area contributed by atoms with Crippen molar-refractivity contribution in [2.24, 2.45) is 0 Å². The number of hydrogen-bond acceptors (Lipinski definition) is 6. The highest BCUT2D eigenvalue weighted by atomic mass is 32.2. The van der Waals surface area contributed by atoms with E-state index in [2.05, 4.69) is 5.32 Å². The Bertz CT molecular complexity index is 734. The quantitative estimate of drug-likeness (QED) is 0.619. The molecule has 0 saturated carbocycles. The summed E-state index contributed by atoms with van der Waals surface area (Å²) in [5.74, 6) is -0.0457. The van der Waals surface area contributed by atoms with Crippen molar-refractivity contribution in [2.75, 3.05) is 19.5 Å². The van der Waals surface area contributed by atoms with Crippen LogP contribution in [0.4, 0.5) is 0 Å². The van der Waals surface area contributed by atoms with Gasteiger partial charge in [-0.1, -0.05) is 18.2 Å². The van der Waals surface area contributed by atoms with E-state index in [4.69, 9.17) is 9.47 Å². The van der Waals surface area contributed by atoms with Crippen LogP contribution in [-0.2, 0) is 19.1 Å². The van der Waals surface area contributed by atoms with Gasteiger partial charge in [0.05, 0.1) is 7.11 Å². The lowest BCUT2D eigenvalue weighted by Gasteiger charge is -2.49. The first kappa shape index (κ1) is 17.3. The molecule has 132 valence electrons. The lowest BCUT2D eigenvalue weighted by atomic mass is 10.0. The van der Waals surface area contributed by atoms with Gasteiger partial charge in [-0.2, -0.15) is 0 Å². The Morgan fingerprint density at radius 3 is 2.72 bits per heavy atom. The van der Waals surface area contributed by atoms with Crippen molar-refractivity contribution in [3.63, 3.8) is 0 Å². The molecule has 2 aliphatic heterocycles. The monoisotopic (exact) mass is 362 g/mol. The molecule has 1 saturated heterocycles. The van der Waals surface area contributed by atoms with Gasteiger partial charge in [0.1, 0.15) is 22.9 Å². The molecule has 0 aliphatic carbocycles. The summed E-state index contributed by atoms with van der Waals surface area (Å²) in [6, 6.07) is 8.30. The van der Waals surface area contributed by atoms with Crippen LogP contribution in [0.3, 0.4) is 0 Å². The largest absolute Gasteiger partial charge is 0.484 e. The number of fused-ring (bicyclic) bond motifs is 1. The second kappa shape index (κ2) is 7.18. The lowest BCUT2D eigenvalue weighted by molar-refractivity contribution is -0.152. The van der Waals surface area contributed by atoms with E-state index >= 15 is 0 Å². The van der Waals surface area contributed by atoms with E-state index in [0.717, 1.165) is 5.57 Å². The van der Waals surface area contributed by atoms with Crippen LogP contribution in [0.1, 0.15) is 6.92 Å². The highest BCUT2D eigenvalue weighted by molar-refractivity contribution is 8.00. The van der Waals surface area contributed by atoms with E-state index in [0.29, 0.717) is 11.5 Å². The summed E-state index contributed by atoms with van der Waals surface area (Å²) in [5.41, 5.74) is 1.07. The highest BCUT2D eigenvalue weighted by Crippen LogP contribution is 2.40. The molecule has 1 aromatic rings. The lowest BCUT2D eigenvalue weighted by Crippen LogP contribution is -2.70. The van der Waals surface area contributed by atoms with Crippen LogP contribution in [0, 0.1) is 0 Å². The van der Waals surface area contributed by atoms with E-state index in [-0.39, 0.29) is 29.5 Å². The number of carbonyl (C=O) groups is 3. The maximum atomic E-state index is 12.4. The molecule has 0 radical (unpaired) electrons. The maximum Gasteiger partial charge on any atom is 0.354 e. The van der Waals surface area contributed by atoms with Gasteiger partial charge >= 0.3 is 5.97 Å². The first-order valence-corrected chi connectivity index (χ1v) is 8.77. The minimum Gasteiger partial charge on any atom is -0.484 e. The summed E-state index contributed by atoms with van der Waals surface area (Å²) in [7, 11) is 1.28. The van der Waals surface area contributed by atoms with Gasteiger partial charge in [-0.3, -0.25) is 14.5 Å². The third-order valence-corrected chi connectivity index (χ3v) is 5.39. The fourth-order valence-electron chi connectivity index (χ4n) is 2.74. The van der Waals surface area contributed by atoms with Crippen molar-refractivity contribution in [2.45, 2.75) is 18.3 Å². The SMILES string of the molecule is COC(=O)C1=C(C)CS[C@H]2C(NC(=O)COc3ccccc3)C(=O)N12. The molecule has 2 aliphatic rings. The zero-order chi connectivity index (χ0) is 18.0. The Morgan fingerprint density at radius 2 is 2.04 bits per heavy atom. The number of hydrogen-bond donors (Lipinski definition) is 1. The van der Waals surface area contributed by atoms with Crippen LogP contribution in [-0.4, -0.2) is 53.6 Å². The molecular weight excluding hydrogens is 344 g/mol. The molecule has 1 aromatic carbocycles. The van der Waals surface area contributed by atoms with Crippen molar-refractivity contribution in [1.29, 1.82) is 0 Å². The predicted octanol–water partition coefficient (Wildman–Crippen LogP) is 0.912. The first-order valence-electron chi connectivity index (χ1n) is 7.73. The molecule has 25 heavy (non-hydrogen) atoms. The summed E-state index contributed by atoms with van der Waals surface area (Å²) in [4.78, 5) is 37.8. The van der Waals surface area contributed by atoms with Crippen LogP contribution >= 0.6 is 11.8 Å². The van der Waals surface area contributed by atoms with Gasteiger partial charge in [0, 0.05) is 5.75 Å². The third-order valence-electron chi connectivity index (χ3n) is 3.97. The number of ether oxygens (including phenoxy) is 2. The number of nitrogens with zero attached hydrogens (tertiary/aromatic N) is 1. The second-order valence-electron chi connectivity index (χ2n) is 5.68. The summed E-state index contributed by atoms with van der Waals surface area (Å²) in [6.45, 7) is 1.62. The minimum atomic E-state index is -0.662. The van der Waals surface area contributed by atoms with Crippen molar-refractivity contribution in [3.8, 4) is 5.75 Å². The second-order valence-corrected chi connectivity index (χ2v) is 6.78. The molecule has 2 atom stereocenters. The highest BCUT2D eigenvalue weighted by Gasteiger charge is 2.53. The van der Waals surface area contributed by atoms with Crippen molar-refractivity contribution in [3.05, 3.63) is 41.6 Å². The van der Waals surface area contributed by atoms with Crippen LogP contribution in [0.2, 0.25) is 0 Å². The fourth-order valence-corrected chi connectivity index (χ4v) is 4.03. The Labute approximate surface area is 149 Å². The number of β-lactam (4-membered cyclic amide) rings is 1. The third kappa shape index (κ3) is 3.34. The van der Waals surface area contributed by atoms with Gasteiger partial charge in [-0.15, -0.1) is 11.8 Å². The van der Waals surface area contributed by atoms with E-state index in [1.165, 1.54) is 23.8 Å². The molecule has 1 N–H and O–H groups in total. The van der Waals surface area contributed by atoms with Gasteiger partial charge in [0.15, 0.2) is 6.61 Å². The summed E-state index contributed by atoms with van der Waals surface area (Å²) < 4.78 is 10.1. The number of esters is 1. The van der Waals surface area contributed by atoms with Gasteiger partial charge in [-0.25, -0.2) is 4.79 Å². The summed E-state index contributed by atoms with van der Waals surface area (Å²) in [5, 5.41) is 2.38. The molecule has 7 nitrogen and oxygen atoms in total. The van der Waals surface area contributed by atoms with Crippen molar-refractivity contribution < 1.29 is 23.9 Å². The molecule has 1 fully saturated rings. The number of benzene rings is 1. The molecule has 2 amide bonds. The first-order chi connectivity index (χ1) is 12.0. The molecule has 3 rings (SSSR count). The predicted molar refractivity (Wildman–Crippen MR) is 91.7 cm³/mol. The average molecular weight is 362 g/mol. The topological polar surface area (TPSA) is 84.9 Å². The van der Waals surface area contributed by atoms with Gasteiger partial charge in [0.25, 0.3) is 11.8 Å². The molecular formula is C17H18N2O5S. The van der Waals surface area contributed by atoms with Gasteiger partial charge < -0.3 is 14.8 Å². The fraction of sp³-hybridized carbons (Fsp3) is 0.353. The van der Waals surface area contributed by atoms with Gasteiger partial charge in [0.2, 0.25) is 0 Å². The number of thioether (sulfide) groups is 1. The molecule has 0 aromatic heterocycles. The molecule has 0 spiro atoms. The standard InChI is InChI=1S/C17H18N2O5S/c1-10-9-25-16-13(15(21)19(16)14(10)17(22)23-2)18-12(20)8-24-11-6-4-3-5-7-11/h3-7,13,16H,8-9H2,1-2H3,(H,18,20)/t13?,16-/m0/s1. The van der Waals surface area contributed by atoms with Crippen molar-refractivity contribution >= 4 is 29.5 Å². The minimum absolute atomic E-state index is 0.177. The number of amides is 2. The van der Waals surface area contributed by atoms with Crippen LogP contribution in [0.15, 0.2) is 41.6 Å². The normalized spacial score (nSPS) is 22.0. The van der Waals surface area contributed by atoms with Gasteiger partial charge in [-0.05, 0) is 24.6 Å². The number of methoxy groups -OCH3 is 1. The number of para-hydroxylation sites is 1. The Balaban J connectivity index is 1.60. The molecule has 8 heteroatoms. The summed E-state index contributed by atoms with van der Waals surface area (Å²) >= 11 is 1.50. The maximum absolute atomic E-state index is 12.4. The van der Waals surface area contributed by atoms with E-state index in [1.807, 2.05) is 18.2 Å². The summed E-state index contributed by atoms with van der Waals surface area (Å²) in [6.07, 6.45) is 0. The number of nitrogens with one attached hydrogen (secondary N) is 1. The van der Waals surface area contributed by atoms with Crippen LogP contribution in [0.25, 0.3) is 0 Å². The van der Waals surface area contributed by atoms with Crippen LogP contribution < -0.4 is 10.1 Å². The van der Waals surface area contributed by atoms with E-state index in [9.17, 15) is 14.4 Å². The Kier molecular flexibility index (Phi) is 4.98. The van der Waals surface area contributed by atoms with E-state index < -0.39 is 12.0 Å². The smallest absolute Gasteiger partial charge is 0.354 e. The van der Waals surface area contributed by atoms with Crippen molar-refractivity contribution in [1.82, 2.24) is 10.2 Å². The zero-order valence-corrected chi connectivity index (χ0v) is 14.7. The molecule has 0 bridgehead atoms. The van der Waals surface area contributed by atoms with E-state index in [1.54, 1.807) is 19.1 Å². The number of rotatable bonds is 5.